The van der Waals surface area contributed by atoms with Crippen molar-refractivity contribution in [2.24, 2.45) is 0 Å². The van der Waals surface area contributed by atoms with Crippen LogP contribution >= 0.6 is 0 Å². The highest BCUT2D eigenvalue weighted by Gasteiger charge is 2.36. The molecule has 7 nitrogen and oxygen atoms in total. The molecular formula is C18H17FN4O3. The minimum Gasteiger partial charge on any atom is -0.439 e. The third kappa shape index (κ3) is 2.68. The third-order valence-corrected chi connectivity index (χ3v) is 4.49. The van der Waals surface area contributed by atoms with Gasteiger partial charge in [-0.25, -0.2) is 23.8 Å². The standard InChI is InChI=1S/C18H17FN4O3/c1-11-21-22-17(24)23(11)13-4-6-16(20-8-13)26-14-5-3-12-9-25-18(2,10-19)15(12)7-14/h3-8H,9-10H2,1-2H3,(H,22,24). The van der Waals surface area contributed by atoms with Crippen molar-refractivity contribution in [3.8, 4) is 17.3 Å². The highest BCUT2D eigenvalue weighted by molar-refractivity contribution is 5.43. The summed E-state index contributed by atoms with van der Waals surface area (Å²) in [7, 11) is 0. The predicted octanol–water partition coefficient (Wildman–Crippen LogP) is 2.77. The Labute approximate surface area is 148 Å². The average Bonchev–Trinajstić information content (AvgIpc) is 3.16. The van der Waals surface area contributed by atoms with Crippen molar-refractivity contribution in [2.75, 3.05) is 6.67 Å². The van der Waals surface area contributed by atoms with Gasteiger partial charge in [0.15, 0.2) is 0 Å². The van der Waals surface area contributed by atoms with Crippen LogP contribution in [-0.2, 0) is 16.9 Å². The zero-order valence-corrected chi connectivity index (χ0v) is 14.3. The summed E-state index contributed by atoms with van der Waals surface area (Å²) < 4.78 is 26.1. The van der Waals surface area contributed by atoms with Gasteiger partial charge in [0, 0.05) is 6.07 Å². The normalized spacial score (nSPS) is 18.7. The molecule has 0 spiro atoms. The Hall–Kier alpha value is -3.00. The number of nitrogens with one attached hydrogen (secondary N) is 1. The molecule has 1 atom stereocenters. The molecular weight excluding hydrogens is 339 g/mol. The Morgan fingerprint density at radius 1 is 1.38 bits per heavy atom. The van der Waals surface area contributed by atoms with Crippen LogP contribution < -0.4 is 10.4 Å². The molecule has 0 aliphatic carbocycles. The molecule has 0 amide bonds. The second kappa shape index (κ2) is 6.06. The maximum atomic E-state index is 13.4. The van der Waals surface area contributed by atoms with Crippen LogP contribution in [0.3, 0.4) is 0 Å². The number of ether oxygens (including phenoxy) is 2. The number of benzene rings is 1. The summed E-state index contributed by atoms with van der Waals surface area (Å²) in [6, 6.07) is 8.82. The van der Waals surface area contributed by atoms with Crippen molar-refractivity contribution in [3.05, 3.63) is 64.0 Å². The van der Waals surface area contributed by atoms with Crippen molar-refractivity contribution in [1.29, 1.82) is 0 Å². The van der Waals surface area contributed by atoms with Crippen molar-refractivity contribution < 1.29 is 13.9 Å². The lowest BCUT2D eigenvalue weighted by atomic mass is 9.95. The number of rotatable bonds is 4. The zero-order valence-electron chi connectivity index (χ0n) is 14.3. The molecule has 1 N–H and O–H groups in total. The largest absolute Gasteiger partial charge is 0.439 e. The Kier molecular flexibility index (Phi) is 3.84. The first-order chi connectivity index (χ1) is 12.5. The molecule has 0 saturated carbocycles. The predicted molar refractivity (Wildman–Crippen MR) is 91.3 cm³/mol. The lowest BCUT2D eigenvalue weighted by molar-refractivity contribution is -0.0398. The number of fused-ring (bicyclic) bond motifs is 1. The monoisotopic (exact) mass is 356 g/mol. The summed E-state index contributed by atoms with van der Waals surface area (Å²) in [6.45, 7) is 3.23. The van der Waals surface area contributed by atoms with Gasteiger partial charge in [-0.1, -0.05) is 6.07 Å². The Bertz CT molecular complexity index is 1010. The van der Waals surface area contributed by atoms with Gasteiger partial charge < -0.3 is 9.47 Å². The first-order valence-electron chi connectivity index (χ1n) is 8.12. The molecule has 3 aromatic rings. The number of nitrogens with zero attached hydrogens (tertiary/aromatic N) is 3. The maximum Gasteiger partial charge on any atom is 0.347 e. The molecule has 4 rings (SSSR count). The zero-order chi connectivity index (χ0) is 18.3. The van der Waals surface area contributed by atoms with Gasteiger partial charge in [-0.05, 0) is 43.2 Å². The lowest BCUT2D eigenvalue weighted by Crippen LogP contribution is -2.23. The minimum atomic E-state index is -0.939. The Morgan fingerprint density at radius 2 is 2.23 bits per heavy atom. The smallest absolute Gasteiger partial charge is 0.347 e. The van der Waals surface area contributed by atoms with E-state index in [0.717, 1.165) is 11.1 Å². The molecule has 0 radical (unpaired) electrons. The summed E-state index contributed by atoms with van der Waals surface area (Å²) in [5.74, 6) is 1.45. The number of aryl methyl sites for hydroxylation is 1. The van der Waals surface area contributed by atoms with Crippen LogP contribution in [0.25, 0.3) is 5.69 Å². The number of hydrogen-bond acceptors (Lipinski definition) is 5. The number of H-pyrrole nitrogens is 1. The Morgan fingerprint density at radius 3 is 2.88 bits per heavy atom. The minimum absolute atomic E-state index is 0.331. The van der Waals surface area contributed by atoms with Gasteiger partial charge in [0.05, 0.1) is 18.5 Å². The number of hydrogen-bond donors (Lipinski definition) is 1. The molecule has 1 unspecified atom stereocenters. The first-order valence-corrected chi connectivity index (χ1v) is 8.12. The van der Waals surface area contributed by atoms with E-state index in [-0.39, 0.29) is 5.69 Å². The Balaban J connectivity index is 1.59. The van der Waals surface area contributed by atoms with Gasteiger partial charge in [0.2, 0.25) is 5.88 Å². The summed E-state index contributed by atoms with van der Waals surface area (Å²) in [6.07, 6.45) is 1.53. The van der Waals surface area contributed by atoms with Crippen molar-refractivity contribution >= 4 is 0 Å². The molecule has 2 aromatic heterocycles. The van der Waals surface area contributed by atoms with Crippen LogP contribution in [0.5, 0.6) is 11.6 Å². The number of pyridine rings is 1. The fourth-order valence-electron chi connectivity index (χ4n) is 3.03. The van der Waals surface area contributed by atoms with Crippen LogP contribution in [-0.4, -0.2) is 26.4 Å². The summed E-state index contributed by atoms with van der Waals surface area (Å²) in [5.41, 5.74) is 1.06. The molecule has 0 fully saturated rings. The molecule has 1 aliphatic rings. The quantitative estimate of drug-likeness (QED) is 0.777. The number of halogens is 1. The van der Waals surface area contributed by atoms with E-state index in [1.54, 1.807) is 38.1 Å². The summed E-state index contributed by atoms with van der Waals surface area (Å²) in [5, 5.41) is 6.24. The molecule has 1 aromatic carbocycles. The van der Waals surface area contributed by atoms with E-state index in [9.17, 15) is 9.18 Å². The lowest BCUT2D eigenvalue weighted by Gasteiger charge is -2.20. The average molecular weight is 356 g/mol. The van der Waals surface area contributed by atoms with Crippen molar-refractivity contribution in [1.82, 2.24) is 19.7 Å². The van der Waals surface area contributed by atoms with Crippen LogP contribution in [0.1, 0.15) is 23.9 Å². The molecule has 26 heavy (non-hydrogen) atoms. The van der Waals surface area contributed by atoms with Crippen LogP contribution in [0, 0.1) is 6.92 Å². The first kappa shape index (κ1) is 16.5. The van der Waals surface area contributed by atoms with E-state index in [1.165, 1.54) is 10.8 Å². The summed E-state index contributed by atoms with van der Waals surface area (Å²) in [4.78, 5) is 16.0. The molecule has 0 bridgehead atoms. The second-order valence-electron chi connectivity index (χ2n) is 6.34. The summed E-state index contributed by atoms with van der Waals surface area (Å²) >= 11 is 0. The van der Waals surface area contributed by atoms with E-state index in [0.29, 0.717) is 29.7 Å². The maximum absolute atomic E-state index is 13.4. The van der Waals surface area contributed by atoms with Gasteiger partial charge in [-0.15, -0.1) is 0 Å². The third-order valence-electron chi connectivity index (χ3n) is 4.49. The fourth-order valence-corrected chi connectivity index (χ4v) is 3.03. The van der Waals surface area contributed by atoms with E-state index in [4.69, 9.17) is 9.47 Å². The number of alkyl halides is 1. The fraction of sp³-hybridized carbons (Fsp3) is 0.278. The van der Waals surface area contributed by atoms with Gasteiger partial charge in [0.1, 0.15) is 23.8 Å². The van der Waals surface area contributed by atoms with Gasteiger partial charge in [-0.2, -0.15) is 5.10 Å². The van der Waals surface area contributed by atoms with Gasteiger partial charge in [0.25, 0.3) is 0 Å². The topological polar surface area (TPSA) is 82.0 Å². The SMILES string of the molecule is Cc1n[nH]c(=O)n1-c1ccc(Oc2ccc3c(c2)C(C)(CF)OC3)nc1. The molecule has 3 heterocycles. The van der Waals surface area contributed by atoms with Crippen LogP contribution in [0.2, 0.25) is 0 Å². The van der Waals surface area contributed by atoms with Crippen LogP contribution in [0.4, 0.5) is 4.39 Å². The van der Waals surface area contributed by atoms with Crippen molar-refractivity contribution in [3.63, 3.8) is 0 Å². The second-order valence-corrected chi connectivity index (χ2v) is 6.34. The van der Waals surface area contributed by atoms with E-state index < -0.39 is 12.3 Å². The molecule has 1 aliphatic heterocycles. The van der Waals surface area contributed by atoms with E-state index in [1.807, 2.05) is 6.07 Å². The van der Waals surface area contributed by atoms with Gasteiger partial charge >= 0.3 is 5.69 Å². The number of aromatic nitrogens is 4. The molecule has 0 saturated heterocycles. The molecule has 134 valence electrons. The highest BCUT2D eigenvalue weighted by Crippen LogP contribution is 2.39. The number of aromatic amines is 1. The van der Waals surface area contributed by atoms with Crippen molar-refractivity contribution in [2.45, 2.75) is 26.1 Å². The van der Waals surface area contributed by atoms with E-state index in [2.05, 4.69) is 15.2 Å². The van der Waals surface area contributed by atoms with Gasteiger partial charge in [-0.3, -0.25) is 0 Å². The molecule has 8 heteroatoms. The highest BCUT2D eigenvalue weighted by atomic mass is 19.1. The van der Waals surface area contributed by atoms with E-state index >= 15 is 0 Å². The van der Waals surface area contributed by atoms with Crippen LogP contribution in [0.15, 0.2) is 41.3 Å².